The molecule has 1 aromatic carbocycles. The molecule has 40 heavy (non-hydrogen) atoms. The number of ether oxygens (including phenoxy) is 2. The Morgan fingerprint density at radius 3 is 2.58 bits per heavy atom. The molecule has 3 aromatic rings. The summed E-state index contributed by atoms with van der Waals surface area (Å²) in [5.74, 6) is 5.64. The number of halogens is 2. The number of pyridine rings is 1. The number of hydrogen-bond donors (Lipinski definition) is 1. The standard InChI is InChI=1S/C29H27ClFN5O4/c1-18-10-20(3-2-19-4-6-21(31)7-5-19)13-32-26(18)34-27(37)25-23(30)14-33-36(25)22-11-29(12-22)16-35(17-29)28(38)24-15-39-8-9-40-24/h4-7,10,13-14,22,24H,8-9,11-12,15-17H2,1H3,(H,32,34,37). The number of carbonyl (C=O) groups excluding carboxylic acids is 2. The molecule has 3 fully saturated rings. The zero-order valence-corrected chi connectivity index (χ0v) is 22.6. The lowest BCUT2D eigenvalue weighted by molar-refractivity contribution is -0.177. The predicted molar refractivity (Wildman–Crippen MR) is 144 cm³/mol. The fourth-order valence-corrected chi connectivity index (χ4v) is 5.79. The molecule has 3 aliphatic rings. The average molecular weight is 564 g/mol. The van der Waals surface area contributed by atoms with E-state index in [0.29, 0.717) is 49.9 Å². The fraction of sp³-hybridized carbons (Fsp3) is 0.379. The Kier molecular flexibility index (Phi) is 7.04. The number of hydrogen-bond acceptors (Lipinski definition) is 6. The molecule has 9 nitrogen and oxygen atoms in total. The smallest absolute Gasteiger partial charge is 0.276 e. The summed E-state index contributed by atoms with van der Waals surface area (Å²) in [6.07, 6.45) is 4.13. The largest absolute Gasteiger partial charge is 0.376 e. The average Bonchev–Trinajstić information content (AvgIpc) is 3.29. The van der Waals surface area contributed by atoms with Gasteiger partial charge in [0.1, 0.15) is 17.3 Å². The molecule has 1 saturated carbocycles. The van der Waals surface area contributed by atoms with Gasteiger partial charge in [-0.1, -0.05) is 23.4 Å². The molecule has 1 spiro atoms. The highest BCUT2D eigenvalue weighted by Gasteiger charge is 2.55. The van der Waals surface area contributed by atoms with Crippen molar-refractivity contribution in [1.29, 1.82) is 0 Å². The van der Waals surface area contributed by atoms with Gasteiger partial charge in [0.05, 0.1) is 37.1 Å². The Morgan fingerprint density at radius 1 is 1.12 bits per heavy atom. The molecular formula is C29H27ClFN5O4. The van der Waals surface area contributed by atoms with Gasteiger partial charge in [-0.05, 0) is 55.7 Å². The van der Waals surface area contributed by atoms with Crippen LogP contribution in [0.15, 0.2) is 42.7 Å². The van der Waals surface area contributed by atoms with Crippen LogP contribution >= 0.6 is 11.6 Å². The lowest BCUT2D eigenvalue weighted by atomic mass is 9.60. The van der Waals surface area contributed by atoms with Crippen LogP contribution in [-0.4, -0.2) is 70.5 Å². The quantitative estimate of drug-likeness (QED) is 0.487. The highest BCUT2D eigenvalue weighted by molar-refractivity contribution is 6.34. The van der Waals surface area contributed by atoms with Crippen LogP contribution in [-0.2, 0) is 14.3 Å². The van der Waals surface area contributed by atoms with E-state index >= 15 is 0 Å². The SMILES string of the molecule is Cc1cc(C#Cc2ccc(F)cc2)cnc1NC(=O)c1c(Cl)cnn1C1CC2(C1)CN(C(=O)C1COCCO1)C2. The van der Waals surface area contributed by atoms with E-state index in [1.807, 2.05) is 17.9 Å². The van der Waals surface area contributed by atoms with Crippen LogP contribution in [0.25, 0.3) is 0 Å². The molecule has 0 bridgehead atoms. The van der Waals surface area contributed by atoms with Crippen molar-refractivity contribution in [3.8, 4) is 11.8 Å². The summed E-state index contributed by atoms with van der Waals surface area (Å²) in [5.41, 5.74) is 2.40. The number of nitrogens with one attached hydrogen (secondary N) is 1. The Hall–Kier alpha value is -3.78. The maximum Gasteiger partial charge on any atom is 0.276 e. The molecule has 0 radical (unpaired) electrons. The maximum absolute atomic E-state index is 13.3. The summed E-state index contributed by atoms with van der Waals surface area (Å²) >= 11 is 6.39. The molecule has 1 unspecified atom stereocenters. The molecule has 11 heteroatoms. The molecule has 6 rings (SSSR count). The van der Waals surface area contributed by atoms with Crippen molar-refractivity contribution in [2.45, 2.75) is 31.9 Å². The Morgan fingerprint density at radius 2 is 1.88 bits per heavy atom. The highest BCUT2D eigenvalue weighted by Crippen LogP contribution is 2.54. The van der Waals surface area contributed by atoms with E-state index in [1.165, 1.54) is 18.3 Å². The number of aryl methyl sites for hydroxylation is 1. The lowest BCUT2D eigenvalue weighted by Crippen LogP contribution is -2.66. The summed E-state index contributed by atoms with van der Waals surface area (Å²) < 4.78 is 25.7. The van der Waals surface area contributed by atoms with Crippen molar-refractivity contribution in [1.82, 2.24) is 19.7 Å². The summed E-state index contributed by atoms with van der Waals surface area (Å²) in [4.78, 5) is 32.1. The number of carbonyl (C=O) groups is 2. The molecule has 206 valence electrons. The molecule has 1 atom stereocenters. The number of aromatic nitrogens is 3. The van der Waals surface area contributed by atoms with E-state index in [2.05, 4.69) is 27.2 Å². The van der Waals surface area contributed by atoms with Gasteiger partial charge in [0.2, 0.25) is 0 Å². The molecule has 2 amide bonds. The van der Waals surface area contributed by atoms with Gasteiger partial charge in [0.15, 0.2) is 6.10 Å². The number of nitrogens with zero attached hydrogens (tertiary/aromatic N) is 4. The third-order valence-corrected chi connectivity index (χ3v) is 7.89. The first-order valence-electron chi connectivity index (χ1n) is 13.1. The monoisotopic (exact) mass is 563 g/mol. The second-order valence-corrected chi connectivity index (χ2v) is 11.0. The van der Waals surface area contributed by atoms with Gasteiger partial charge >= 0.3 is 0 Å². The van der Waals surface area contributed by atoms with E-state index in [-0.39, 0.29) is 33.9 Å². The Labute approximate surface area is 235 Å². The van der Waals surface area contributed by atoms with Crippen LogP contribution in [0.1, 0.15) is 46.1 Å². The molecule has 1 aliphatic carbocycles. The van der Waals surface area contributed by atoms with Crippen LogP contribution in [0.5, 0.6) is 0 Å². The van der Waals surface area contributed by atoms with Crippen LogP contribution in [0.4, 0.5) is 10.2 Å². The van der Waals surface area contributed by atoms with Gasteiger partial charge in [-0.25, -0.2) is 9.37 Å². The Balaban J connectivity index is 1.08. The fourth-order valence-electron chi connectivity index (χ4n) is 5.57. The molecule has 1 N–H and O–H groups in total. The third-order valence-electron chi connectivity index (χ3n) is 7.61. The van der Waals surface area contributed by atoms with Gasteiger partial charge in [-0.15, -0.1) is 0 Å². The van der Waals surface area contributed by atoms with Crippen LogP contribution < -0.4 is 5.32 Å². The van der Waals surface area contributed by atoms with Gasteiger partial charge in [-0.3, -0.25) is 14.3 Å². The van der Waals surface area contributed by atoms with E-state index in [0.717, 1.165) is 18.4 Å². The van der Waals surface area contributed by atoms with Crippen molar-refractivity contribution < 1.29 is 23.5 Å². The lowest BCUT2D eigenvalue weighted by Gasteiger charge is -2.59. The van der Waals surface area contributed by atoms with Crippen molar-refractivity contribution in [3.05, 3.63) is 75.9 Å². The number of benzene rings is 1. The summed E-state index contributed by atoms with van der Waals surface area (Å²) in [5, 5.41) is 7.50. The normalized spacial score (nSPS) is 19.8. The third kappa shape index (κ3) is 5.20. The number of anilines is 1. The van der Waals surface area contributed by atoms with Gasteiger partial charge in [-0.2, -0.15) is 5.10 Å². The summed E-state index contributed by atoms with van der Waals surface area (Å²) in [6.45, 7) is 4.42. The minimum absolute atomic E-state index is 0.0120. The van der Waals surface area contributed by atoms with Crippen LogP contribution in [0, 0.1) is 30.0 Å². The van der Waals surface area contributed by atoms with Gasteiger partial charge in [0.25, 0.3) is 11.8 Å². The van der Waals surface area contributed by atoms with Gasteiger partial charge < -0.3 is 19.7 Å². The van der Waals surface area contributed by atoms with Crippen molar-refractivity contribution >= 4 is 29.2 Å². The van der Waals surface area contributed by atoms with E-state index in [1.54, 1.807) is 23.0 Å². The summed E-state index contributed by atoms with van der Waals surface area (Å²) in [6, 6.07) is 7.76. The molecular weight excluding hydrogens is 537 g/mol. The minimum Gasteiger partial charge on any atom is -0.376 e. The van der Waals surface area contributed by atoms with Crippen molar-refractivity contribution in [2.24, 2.45) is 5.41 Å². The molecule has 4 heterocycles. The van der Waals surface area contributed by atoms with Crippen LogP contribution in [0.3, 0.4) is 0 Å². The van der Waals surface area contributed by atoms with Crippen molar-refractivity contribution in [3.63, 3.8) is 0 Å². The first kappa shape index (κ1) is 26.4. The van der Waals surface area contributed by atoms with Crippen molar-refractivity contribution in [2.75, 3.05) is 38.2 Å². The second kappa shape index (κ2) is 10.7. The predicted octanol–water partition coefficient (Wildman–Crippen LogP) is 3.61. The maximum atomic E-state index is 13.3. The zero-order valence-electron chi connectivity index (χ0n) is 21.8. The molecule has 2 saturated heterocycles. The number of likely N-dealkylation sites (tertiary alicyclic amines) is 1. The van der Waals surface area contributed by atoms with Gasteiger partial charge in [0, 0.05) is 35.8 Å². The van der Waals surface area contributed by atoms with E-state index < -0.39 is 12.0 Å². The topological polar surface area (TPSA) is 98.6 Å². The highest BCUT2D eigenvalue weighted by atomic mass is 35.5. The minimum atomic E-state index is -0.518. The molecule has 2 aromatic heterocycles. The summed E-state index contributed by atoms with van der Waals surface area (Å²) in [7, 11) is 0. The van der Waals surface area contributed by atoms with Crippen LogP contribution in [0.2, 0.25) is 5.02 Å². The first-order valence-corrected chi connectivity index (χ1v) is 13.4. The Bertz CT molecular complexity index is 1510. The molecule has 2 aliphatic heterocycles. The first-order chi connectivity index (χ1) is 19.3. The zero-order chi connectivity index (χ0) is 27.9. The number of amides is 2. The van der Waals surface area contributed by atoms with E-state index in [4.69, 9.17) is 21.1 Å². The number of rotatable bonds is 4. The second-order valence-electron chi connectivity index (χ2n) is 10.6. The van der Waals surface area contributed by atoms with E-state index in [9.17, 15) is 14.0 Å².